The van der Waals surface area contributed by atoms with Crippen molar-refractivity contribution in [1.82, 2.24) is 5.32 Å². The number of amides is 1. The Hall–Kier alpha value is -2.74. The van der Waals surface area contributed by atoms with Gasteiger partial charge in [0, 0.05) is 18.1 Å². The highest BCUT2D eigenvalue weighted by Gasteiger charge is 2.35. The second kappa shape index (κ2) is 8.78. The molecule has 1 N–H and O–H groups in total. The van der Waals surface area contributed by atoms with Crippen molar-refractivity contribution < 1.29 is 22.7 Å². The van der Waals surface area contributed by atoms with E-state index < -0.39 is 15.6 Å². The number of hydrogen-bond donors (Lipinski definition) is 1. The second-order valence-corrected chi connectivity index (χ2v) is 10.2. The Bertz CT molecular complexity index is 1070. The van der Waals surface area contributed by atoms with Crippen molar-refractivity contribution in [3.8, 4) is 11.5 Å². The van der Waals surface area contributed by atoms with Crippen molar-refractivity contribution >= 4 is 21.6 Å². The molecule has 1 heterocycles. The van der Waals surface area contributed by atoms with E-state index >= 15 is 0 Å². The summed E-state index contributed by atoms with van der Waals surface area (Å²) in [5.41, 5.74) is 1.74. The van der Waals surface area contributed by atoms with Crippen LogP contribution in [0.2, 0.25) is 0 Å². The summed E-state index contributed by atoms with van der Waals surface area (Å²) in [5.74, 6) is 0.943. The highest BCUT2D eigenvalue weighted by atomic mass is 32.2. The number of methoxy groups -OCH3 is 1. The molecular weight excluding hydrogens is 416 g/mol. The van der Waals surface area contributed by atoms with Crippen molar-refractivity contribution in [3.05, 3.63) is 53.6 Å². The zero-order valence-electron chi connectivity index (χ0n) is 18.6. The molecule has 31 heavy (non-hydrogen) atoms. The molecule has 1 unspecified atom stereocenters. The van der Waals surface area contributed by atoms with Gasteiger partial charge in [-0.2, -0.15) is 0 Å². The van der Waals surface area contributed by atoms with Gasteiger partial charge in [0.05, 0.1) is 25.1 Å². The summed E-state index contributed by atoms with van der Waals surface area (Å²) in [5, 5.41) is 3.01. The number of sulfonamides is 1. The largest absolute Gasteiger partial charge is 0.497 e. The molecule has 8 heteroatoms. The standard InChI is InChI=1S/C23H30N2O5S/c1-6-16-9-7-8-10-20(16)25(31(5,27)28)15-22(26)24-19-14-23(2,3)30-21-13-17(29-4)11-12-18(19)21/h7-13,19H,6,14-15H2,1-5H3,(H,24,26). The quantitative estimate of drug-likeness (QED) is 0.704. The predicted octanol–water partition coefficient (Wildman–Crippen LogP) is 3.44. The van der Waals surface area contributed by atoms with E-state index in [2.05, 4.69) is 5.32 Å². The number of carbonyl (C=O) groups excluding carboxylic acids is 1. The zero-order chi connectivity index (χ0) is 22.8. The third kappa shape index (κ3) is 5.31. The Morgan fingerprint density at radius 3 is 2.61 bits per heavy atom. The number of anilines is 1. The average molecular weight is 447 g/mol. The molecule has 0 radical (unpaired) electrons. The summed E-state index contributed by atoms with van der Waals surface area (Å²) in [6.45, 7) is 5.57. The lowest BCUT2D eigenvalue weighted by Gasteiger charge is -2.38. The van der Waals surface area contributed by atoms with Gasteiger partial charge >= 0.3 is 0 Å². The minimum absolute atomic E-state index is 0.293. The van der Waals surface area contributed by atoms with Crippen molar-refractivity contribution in [2.45, 2.75) is 45.3 Å². The lowest BCUT2D eigenvalue weighted by molar-refractivity contribution is -0.120. The van der Waals surface area contributed by atoms with Crippen LogP contribution in [-0.2, 0) is 21.2 Å². The van der Waals surface area contributed by atoms with Crippen LogP contribution in [0.15, 0.2) is 42.5 Å². The summed E-state index contributed by atoms with van der Waals surface area (Å²) in [6.07, 6.45) is 2.33. The molecule has 0 saturated heterocycles. The summed E-state index contributed by atoms with van der Waals surface area (Å²) in [4.78, 5) is 13.0. The lowest BCUT2D eigenvalue weighted by Crippen LogP contribution is -2.45. The molecule has 0 fully saturated rings. The Morgan fingerprint density at radius 2 is 1.97 bits per heavy atom. The number of fused-ring (bicyclic) bond motifs is 1. The summed E-state index contributed by atoms with van der Waals surface area (Å²) < 4.78 is 37.5. The van der Waals surface area contributed by atoms with Crippen molar-refractivity contribution in [2.75, 3.05) is 24.2 Å². The Morgan fingerprint density at radius 1 is 1.26 bits per heavy atom. The van der Waals surface area contributed by atoms with Crippen molar-refractivity contribution in [1.29, 1.82) is 0 Å². The molecule has 1 atom stereocenters. The second-order valence-electron chi connectivity index (χ2n) is 8.34. The van der Waals surface area contributed by atoms with Crippen LogP contribution < -0.4 is 19.1 Å². The number of para-hydroxylation sites is 1. The topological polar surface area (TPSA) is 84.9 Å². The molecule has 0 aliphatic carbocycles. The molecular formula is C23H30N2O5S. The van der Waals surface area contributed by atoms with E-state index in [1.165, 1.54) is 4.31 Å². The fourth-order valence-electron chi connectivity index (χ4n) is 3.89. The molecule has 1 aliphatic rings. The molecule has 168 valence electrons. The smallest absolute Gasteiger partial charge is 0.241 e. The minimum atomic E-state index is -3.65. The third-order valence-corrected chi connectivity index (χ3v) is 6.47. The van der Waals surface area contributed by atoms with Gasteiger partial charge in [-0.25, -0.2) is 8.42 Å². The van der Waals surface area contributed by atoms with E-state index in [1.807, 2.05) is 45.0 Å². The fourth-order valence-corrected chi connectivity index (χ4v) is 4.78. The van der Waals surface area contributed by atoms with Gasteiger partial charge in [-0.15, -0.1) is 0 Å². The van der Waals surface area contributed by atoms with Crippen LogP contribution in [0.1, 0.15) is 44.4 Å². The number of hydrogen-bond acceptors (Lipinski definition) is 5. The molecule has 1 aliphatic heterocycles. The van der Waals surface area contributed by atoms with Gasteiger partial charge in [-0.3, -0.25) is 9.10 Å². The first-order valence-corrected chi connectivity index (χ1v) is 12.1. The molecule has 2 aromatic carbocycles. The van der Waals surface area contributed by atoms with E-state index in [0.717, 1.165) is 17.4 Å². The Labute approximate surface area is 184 Å². The Balaban J connectivity index is 1.86. The van der Waals surface area contributed by atoms with Gasteiger partial charge in [0.25, 0.3) is 0 Å². The number of aryl methyl sites for hydroxylation is 1. The van der Waals surface area contributed by atoms with Crippen LogP contribution in [-0.4, -0.2) is 39.8 Å². The van der Waals surface area contributed by atoms with E-state index in [-0.39, 0.29) is 18.5 Å². The van der Waals surface area contributed by atoms with Gasteiger partial charge in [0.2, 0.25) is 15.9 Å². The van der Waals surface area contributed by atoms with Crippen molar-refractivity contribution in [3.63, 3.8) is 0 Å². The third-order valence-electron chi connectivity index (χ3n) is 5.34. The molecule has 0 spiro atoms. The number of rotatable bonds is 7. The number of ether oxygens (including phenoxy) is 2. The van der Waals surface area contributed by atoms with Crippen LogP contribution in [0, 0.1) is 0 Å². The minimum Gasteiger partial charge on any atom is -0.497 e. The predicted molar refractivity (Wildman–Crippen MR) is 121 cm³/mol. The highest BCUT2D eigenvalue weighted by Crippen LogP contribution is 2.41. The maximum absolute atomic E-state index is 13.0. The van der Waals surface area contributed by atoms with E-state index in [4.69, 9.17) is 9.47 Å². The molecule has 3 rings (SSSR count). The molecule has 2 aromatic rings. The first kappa shape index (κ1) is 22.9. The highest BCUT2D eigenvalue weighted by molar-refractivity contribution is 7.92. The van der Waals surface area contributed by atoms with Gasteiger partial charge in [-0.05, 0) is 44.0 Å². The van der Waals surface area contributed by atoms with Crippen LogP contribution in [0.4, 0.5) is 5.69 Å². The van der Waals surface area contributed by atoms with Crippen LogP contribution in [0.25, 0.3) is 0 Å². The van der Waals surface area contributed by atoms with Crippen molar-refractivity contribution in [2.24, 2.45) is 0 Å². The first-order chi connectivity index (χ1) is 14.5. The maximum Gasteiger partial charge on any atom is 0.241 e. The molecule has 0 aromatic heterocycles. The van der Waals surface area contributed by atoms with Gasteiger partial charge in [-0.1, -0.05) is 25.1 Å². The van der Waals surface area contributed by atoms with Crippen LogP contribution in [0.3, 0.4) is 0 Å². The number of nitrogens with zero attached hydrogens (tertiary/aromatic N) is 1. The van der Waals surface area contributed by atoms with Gasteiger partial charge in [0.15, 0.2) is 0 Å². The summed E-state index contributed by atoms with van der Waals surface area (Å²) in [7, 11) is -2.06. The fraction of sp³-hybridized carbons (Fsp3) is 0.435. The zero-order valence-corrected chi connectivity index (χ0v) is 19.5. The number of carbonyl (C=O) groups is 1. The van der Waals surface area contributed by atoms with Crippen LogP contribution in [0.5, 0.6) is 11.5 Å². The normalized spacial score (nSPS) is 17.3. The lowest BCUT2D eigenvalue weighted by atomic mass is 9.89. The molecule has 0 saturated carbocycles. The van der Waals surface area contributed by atoms with Gasteiger partial charge < -0.3 is 14.8 Å². The van der Waals surface area contributed by atoms with E-state index in [9.17, 15) is 13.2 Å². The molecule has 1 amide bonds. The monoisotopic (exact) mass is 446 g/mol. The summed E-state index contributed by atoms with van der Waals surface area (Å²) in [6, 6.07) is 12.4. The average Bonchev–Trinajstić information content (AvgIpc) is 2.69. The summed E-state index contributed by atoms with van der Waals surface area (Å²) >= 11 is 0. The molecule has 0 bridgehead atoms. The number of nitrogens with one attached hydrogen (secondary N) is 1. The first-order valence-electron chi connectivity index (χ1n) is 10.3. The van der Waals surface area contributed by atoms with E-state index in [1.54, 1.807) is 25.3 Å². The SMILES string of the molecule is CCc1ccccc1N(CC(=O)NC1CC(C)(C)Oc2cc(OC)ccc21)S(C)(=O)=O. The number of benzene rings is 2. The van der Waals surface area contributed by atoms with Crippen LogP contribution >= 0.6 is 0 Å². The molecule has 7 nitrogen and oxygen atoms in total. The van der Waals surface area contributed by atoms with Gasteiger partial charge in [0.1, 0.15) is 23.6 Å². The Kier molecular flexibility index (Phi) is 6.50. The maximum atomic E-state index is 13.0. The van der Waals surface area contributed by atoms with E-state index in [0.29, 0.717) is 30.0 Å².